The van der Waals surface area contributed by atoms with Crippen LogP contribution in [-0.4, -0.2) is 50.1 Å². The third-order valence-corrected chi connectivity index (χ3v) is 4.91. The smallest absolute Gasteiger partial charge is 0.314 e. The van der Waals surface area contributed by atoms with Crippen molar-refractivity contribution in [3.8, 4) is 0 Å². The number of carboxylic acid groups (broad SMARTS) is 2. The van der Waals surface area contributed by atoms with Crippen LogP contribution in [-0.2, 0) is 9.59 Å². The molecule has 0 aromatic rings. The van der Waals surface area contributed by atoms with Gasteiger partial charge in [0.1, 0.15) is 6.42 Å². The van der Waals surface area contributed by atoms with Crippen molar-refractivity contribution in [3.05, 3.63) is 0 Å². The van der Waals surface area contributed by atoms with Gasteiger partial charge in [-0.05, 0) is 0 Å². The summed E-state index contributed by atoms with van der Waals surface area (Å²) in [7, 11) is 0. The Labute approximate surface area is 153 Å². The van der Waals surface area contributed by atoms with Crippen LogP contribution in [0.25, 0.3) is 0 Å². The maximum absolute atomic E-state index is 9.43. The average Bonchev–Trinajstić information content (AvgIpc) is 2.35. The van der Waals surface area contributed by atoms with Crippen molar-refractivity contribution < 1.29 is 19.8 Å². The standard InChI is InChI=1S/C14H29.C3H4O4.Na/c1-6-7-8-9-10-11-12-13(2)14(3,4)5;4-2(5)1-3(6)7;/h13H,2,6-12H2,1,3-5H3;1H2,(H,4,5)(H,6,7);. The molecule has 0 aliphatic carbocycles. The second kappa shape index (κ2) is 14.5. The van der Waals surface area contributed by atoms with Crippen LogP contribution in [0.15, 0.2) is 0 Å². The van der Waals surface area contributed by atoms with E-state index in [-0.39, 0.29) is 0 Å². The van der Waals surface area contributed by atoms with E-state index < -0.39 is 18.4 Å². The van der Waals surface area contributed by atoms with Crippen LogP contribution in [0, 0.1) is 11.3 Å². The fraction of sp³-hybridized carbons (Fsp3) is 0.882. The van der Waals surface area contributed by atoms with E-state index in [9.17, 15) is 9.59 Å². The van der Waals surface area contributed by atoms with Crippen LogP contribution < -0.4 is 0 Å². The van der Waals surface area contributed by atoms with Gasteiger partial charge in [0.15, 0.2) is 0 Å². The minimum atomic E-state index is -1.31. The van der Waals surface area contributed by atoms with E-state index in [2.05, 4.69) is 27.7 Å². The van der Waals surface area contributed by atoms with Gasteiger partial charge in [-0.3, -0.25) is 9.59 Å². The second-order valence-corrected chi connectivity index (χ2v) is 7.81. The van der Waals surface area contributed by atoms with E-state index in [0.717, 1.165) is 5.92 Å². The van der Waals surface area contributed by atoms with Gasteiger partial charge in [0.05, 0.1) is 0 Å². The molecule has 0 spiro atoms. The Hall–Kier alpha value is -0.0600. The molecule has 0 amide bonds. The molecular formula is C17H33NaO4. The molecule has 126 valence electrons. The summed E-state index contributed by atoms with van der Waals surface area (Å²) in [6, 6.07) is 0. The zero-order valence-electron chi connectivity index (χ0n) is 15.2. The zero-order chi connectivity index (χ0) is 17.6. The van der Waals surface area contributed by atoms with Gasteiger partial charge < -0.3 is 10.2 Å². The number of aliphatic carboxylic acids is 2. The van der Waals surface area contributed by atoms with Gasteiger partial charge >= 0.3 is 128 Å². The summed E-state index contributed by atoms with van der Waals surface area (Å²) in [5.74, 6) is -1.64. The summed E-state index contributed by atoms with van der Waals surface area (Å²) in [6.45, 7) is 9.52. The molecule has 1 atom stereocenters. The molecule has 0 aliphatic heterocycles. The molecule has 22 heavy (non-hydrogen) atoms. The summed E-state index contributed by atoms with van der Waals surface area (Å²) in [5, 5.41) is 15.4. The molecule has 2 N–H and O–H groups in total. The maximum atomic E-state index is 9.43. The van der Waals surface area contributed by atoms with Crippen molar-refractivity contribution >= 4 is 39.9 Å². The molecule has 0 bridgehead atoms. The van der Waals surface area contributed by atoms with Crippen LogP contribution in [0.3, 0.4) is 0 Å². The topological polar surface area (TPSA) is 74.6 Å². The molecular weight excluding hydrogens is 291 g/mol. The van der Waals surface area contributed by atoms with Gasteiger partial charge in [-0.2, -0.15) is 0 Å². The van der Waals surface area contributed by atoms with E-state index in [4.69, 9.17) is 10.2 Å². The van der Waals surface area contributed by atoms with E-state index in [1.807, 2.05) is 0 Å². The molecule has 1 unspecified atom stereocenters. The molecule has 0 heterocycles. The molecule has 0 saturated carbocycles. The predicted octanol–water partition coefficient (Wildman–Crippen LogP) is 4.53. The van der Waals surface area contributed by atoms with Crippen LogP contribution in [0.5, 0.6) is 0 Å². The molecule has 0 rings (SSSR count). The fourth-order valence-electron chi connectivity index (χ4n) is 2.55. The Bertz CT molecular complexity index is 286. The minimum Gasteiger partial charge on any atom is -0.481 e. The van der Waals surface area contributed by atoms with Gasteiger partial charge in [0.2, 0.25) is 0 Å². The SMILES string of the molecule is CCCCCCCCC([CH2][Na])C(C)(C)C.O=C(O)CC(=O)O. The molecule has 0 saturated heterocycles. The number of carboxylic acids is 2. The largest absolute Gasteiger partial charge is 0.481 e. The van der Waals surface area contributed by atoms with Crippen LogP contribution in [0.1, 0.15) is 79.1 Å². The van der Waals surface area contributed by atoms with E-state index in [1.165, 1.54) is 76.5 Å². The number of hydrogen-bond acceptors (Lipinski definition) is 2. The molecule has 0 aliphatic rings. The average molecular weight is 324 g/mol. The van der Waals surface area contributed by atoms with Crippen LogP contribution in [0.4, 0.5) is 0 Å². The van der Waals surface area contributed by atoms with Gasteiger partial charge in [0, 0.05) is 0 Å². The maximum Gasteiger partial charge on any atom is 0.314 e. The van der Waals surface area contributed by atoms with Crippen molar-refractivity contribution in [1.82, 2.24) is 0 Å². The summed E-state index contributed by atoms with van der Waals surface area (Å²) in [5.41, 5.74) is 0.547. The third kappa shape index (κ3) is 18.0. The van der Waals surface area contributed by atoms with Crippen molar-refractivity contribution in [2.45, 2.75) is 82.7 Å². The van der Waals surface area contributed by atoms with Crippen molar-refractivity contribution in [3.63, 3.8) is 0 Å². The Balaban J connectivity index is 0. The van der Waals surface area contributed by atoms with Crippen molar-refractivity contribution in [2.24, 2.45) is 11.3 Å². The number of carbonyl (C=O) groups is 2. The van der Waals surface area contributed by atoms with E-state index in [1.54, 1.807) is 0 Å². The van der Waals surface area contributed by atoms with Gasteiger partial charge in [-0.25, -0.2) is 0 Å². The van der Waals surface area contributed by atoms with E-state index >= 15 is 0 Å². The zero-order valence-corrected chi connectivity index (χ0v) is 17.2. The molecule has 0 fully saturated rings. The second-order valence-electron chi connectivity index (χ2n) is 6.99. The number of hydrogen-bond donors (Lipinski definition) is 2. The number of rotatable bonds is 10. The van der Waals surface area contributed by atoms with Gasteiger partial charge in [-0.15, -0.1) is 0 Å². The Morgan fingerprint density at radius 2 is 1.41 bits per heavy atom. The first-order chi connectivity index (χ1) is 10.1. The summed E-state index contributed by atoms with van der Waals surface area (Å²) in [6.07, 6.45) is 9.32. The van der Waals surface area contributed by atoms with Gasteiger partial charge in [-0.1, -0.05) is 0 Å². The molecule has 0 radical (unpaired) electrons. The summed E-state index contributed by atoms with van der Waals surface area (Å²) >= 11 is 1.37. The molecule has 0 aromatic heterocycles. The Morgan fingerprint density at radius 1 is 0.955 bits per heavy atom. The molecule has 4 nitrogen and oxygen atoms in total. The first-order valence-corrected chi connectivity index (χ1v) is 10.00. The summed E-state index contributed by atoms with van der Waals surface area (Å²) in [4.78, 5) is 18.9. The Morgan fingerprint density at radius 3 is 1.73 bits per heavy atom. The quantitative estimate of drug-likeness (QED) is 0.352. The van der Waals surface area contributed by atoms with Crippen LogP contribution in [0.2, 0.25) is 3.67 Å². The molecule has 5 heteroatoms. The Kier molecular flexibility index (Phi) is 16.0. The van der Waals surface area contributed by atoms with Crippen molar-refractivity contribution in [1.29, 1.82) is 0 Å². The minimum absolute atomic E-state index is 0.547. The first-order valence-electron chi connectivity index (χ1n) is 8.58. The monoisotopic (exact) mass is 324 g/mol. The molecule has 0 aromatic carbocycles. The first kappa shape index (κ1) is 24.2. The summed E-state index contributed by atoms with van der Waals surface area (Å²) < 4.78 is 1.48. The predicted molar refractivity (Wildman–Crippen MR) is 91.4 cm³/mol. The normalized spacial score (nSPS) is 12.3. The van der Waals surface area contributed by atoms with Crippen LogP contribution >= 0.6 is 0 Å². The number of unbranched alkanes of at least 4 members (excludes halogenated alkanes) is 5. The fourth-order valence-corrected chi connectivity index (χ4v) is 4.18. The van der Waals surface area contributed by atoms with Crippen molar-refractivity contribution in [2.75, 3.05) is 0 Å². The van der Waals surface area contributed by atoms with Gasteiger partial charge in [0.25, 0.3) is 0 Å². The third-order valence-electron chi connectivity index (χ3n) is 3.93. The van der Waals surface area contributed by atoms with E-state index in [0.29, 0.717) is 5.41 Å².